The summed E-state index contributed by atoms with van der Waals surface area (Å²) in [7, 11) is -3.35. The molecule has 0 spiro atoms. The second kappa shape index (κ2) is 5.61. The van der Waals surface area contributed by atoms with Gasteiger partial charge in [0.05, 0.1) is 11.3 Å². The third-order valence-corrected chi connectivity index (χ3v) is 4.08. The molecule has 2 N–H and O–H groups in total. The number of sulfonamides is 1. The molecular weight excluding hydrogens is 310 g/mol. The van der Waals surface area contributed by atoms with Gasteiger partial charge in [0, 0.05) is 11.0 Å². The van der Waals surface area contributed by atoms with E-state index in [1.807, 2.05) is 0 Å². The Morgan fingerprint density at radius 3 is 2.59 bits per heavy atom. The standard InChI is InChI=1S/C10H12BrNO4S/c1-2-12-17(15,16)6-7-3-4-8(10(13)14)9(11)5-7/h3-5,12H,2,6H2,1H3,(H,13,14). The molecular formula is C10H12BrNO4S. The fourth-order valence-corrected chi connectivity index (χ4v) is 3.07. The van der Waals surface area contributed by atoms with E-state index >= 15 is 0 Å². The van der Waals surface area contributed by atoms with Crippen LogP contribution in [0.15, 0.2) is 22.7 Å². The zero-order chi connectivity index (χ0) is 13.1. The first-order valence-electron chi connectivity index (χ1n) is 4.85. The van der Waals surface area contributed by atoms with Gasteiger partial charge in [-0.1, -0.05) is 13.0 Å². The van der Waals surface area contributed by atoms with Crippen molar-refractivity contribution < 1.29 is 18.3 Å². The van der Waals surface area contributed by atoms with E-state index in [4.69, 9.17) is 5.11 Å². The van der Waals surface area contributed by atoms with Crippen LogP contribution in [0.2, 0.25) is 0 Å². The summed E-state index contributed by atoms with van der Waals surface area (Å²) >= 11 is 3.10. The fraction of sp³-hybridized carbons (Fsp3) is 0.300. The van der Waals surface area contributed by atoms with Crippen LogP contribution >= 0.6 is 15.9 Å². The largest absolute Gasteiger partial charge is 0.478 e. The van der Waals surface area contributed by atoms with E-state index in [1.165, 1.54) is 18.2 Å². The van der Waals surface area contributed by atoms with E-state index in [-0.39, 0.29) is 11.3 Å². The number of carboxylic acids is 1. The number of hydrogen-bond acceptors (Lipinski definition) is 3. The van der Waals surface area contributed by atoms with Gasteiger partial charge in [-0.05, 0) is 33.6 Å². The average molecular weight is 322 g/mol. The third-order valence-electron chi connectivity index (χ3n) is 1.98. The van der Waals surface area contributed by atoms with E-state index in [0.29, 0.717) is 16.6 Å². The van der Waals surface area contributed by atoms with Crippen LogP contribution < -0.4 is 4.72 Å². The van der Waals surface area contributed by atoms with Crippen LogP contribution in [-0.2, 0) is 15.8 Å². The molecule has 5 nitrogen and oxygen atoms in total. The molecule has 94 valence electrons. The van der Waals surface area contributed by atoms with Crippen molar-refractivity contribution in [3.63, 3.8) is 0 Å². The summed E-state index contributed by atoms with van der Waals surface area (Å²) in [5.41, 5.74) is 0.637. The summed E-state index contributed by atoms with van der Waals surface area (Å²) in [6.07, 6.45) is 0. The SMILES string of the molecule is CCNS(=O)(=O)Cc1ccc(C(=O)O)c(Br)c1. The molecule has 0 aromatic heterocycles. The number of aromatic carboxylic acids is 1. The molecule has 0 amide bonds. The van der Waals surface area contributed by atoms with Gasteiger partial charge in [-0.2, -0.15) is 0 Å². The van der Waals surface area contributed by atoms with Crippen molar-refractivity contribution in [2.75, 3.05) is 6.54 Å². The lowest BCUT2D eigenvalue weighted by atomic mass is 10.1. The predicted molar refractivity (Wildman–Crippen MR) is 67.4 cm³/mol. The van der Waals surface area contributed by atoms with Gasteiger partial charge in [-0.25, -0.2) is 17.9 Å². The van der Waals surface area contributed by atoms with Crippen molar-refractivity contribution in [3.05, 3.63) is 33.8 Å². The smallest absolute Gasteiger partial charge is 0.336 e. The van der Waals surface area contributed by atoms with E-state index in [0.717, 1.165) is 0 Å². The summed E-state index contributed by atoms with van der Waals surface area (Å²) in [6, 6.07) is 4.37. The molecule has 0 aliphatic rings. The van der Waals surface area contributed by atoms with Gasteiger partial charge in [0.2, 0.25) is 10.0 Å². The summed E-state index contributed by atoms with van der Waals surface area (Å²) in [5.74, 6) is -1.22. The molecule has 0 saturated carbocycles. The Morgan fingerprint density at radius 1 is 1.47 bits per heavy atom. The second-order valence-corrected chi connectivity index (χ2v) is 6.04. The molecule has 0 unspecified atom stereocenters. The number of halogens is 1. The van der Waals surface area contributed by atoms with Crippen LogP contribution in [0.25, 0.3) is 0 Å². The summed E-state index contributed by atoms with van der Waals surface area (Å²) in [4.78, 5) is 10.8. The Hall–Kier alpha value is -0.920. The first kappa shape index (κ1) is 14.1. The molecule has 0 atom stereocenters. The van der Waals surface area contributed by atoms with E-state index in [2.05, 4.69) is 20.7 Å². The van der Waals surface area contributed by atoms with E-state index in [1.54, 1.807) is 6.92 Å². The van der Waals surface area contributed by atoms with Gasteiger partial charge >= 0.3 is 5.97 Å². The molecule has 7 heteroatoms. The van der Waals surface area contributed by atoms with Crippen LogP contribution in [-0.4, -0.2) is 26.0 Å². The van der Waals surface area contributed by atoms with Crippen LogP contribution in [0.5, 0.6) is 0 Å². The van der Waals surface area contributed by atoms with Crippen molar-refractivity contribution in [1.82, 2.24) is 4.72 Å². The number of carbonyl (C=O) groups is 1. The Bertz CT molecular complexity index is 527. The van der Waals surface area contributed by atoms with Crippen LogP contribution in [0.3, 0.4) is 0 Å². The highest BCUT2D eigenvalue weighted by Gasteiger charge is 2.13. The van der Waals surface area contributed by atoms with Crippen molar-refractivity contribution in [2.24, 2.45) is 0 Å². The van der Waals surface area contributed by atoms with Gasteiger partial charge in [0.15, 0.2) is 0 Å². The number of nitrogens with one attached hydrogen (secondary N) is 1. The lowest BCUT2D eigenvalue weighted by molar-refractivity contribution is 0.0696. The predicted octanol–water partition coefficient (Wildman–Crippen LogP) is 1.59. The molecule has 1 rings (SSSR count). The van der Waals surface area contributed by atoms with Crippen molar-refractivity contribution in [2.45, 2.75) is 12.7 Å². The van der Waals surface area contributed by atoms with Crippen molar-refractivity contribution in [3.8, 4) is 0 Å². The zero-order valence-corrected chi connectivity index (χ0v) is 11.5. The molecule has 0 aliphatic heterocycles. The first-order chi connectivity index (χ1) is 7.85. The molecule has 0 radical (unpaired) electrons. The summed E-state index contributed by atoms with van der Waals surface area (Å²) < 4.78 is 25.7. The van der Waals surface area contributed by atoms with Crippen LogP contribution in [0, 0.1) is 0 Å². The van der Waals surface area contributed by atoms with Crippen molar-refractivity contribution in [1.29, 1.82) is 0 Å². The Morgan fingerprint density at radius 2 is 2.12 bits per heavy atom. The minimum atomic E-state index is -3.35. The number of carboxylic acid groups (broad SMARTS) is 1. The Kier molecular flexibility index (Phi) is 4.67. The molecule has 0 aliphatic carbocycles. The lowest BCUT2D eigenvalue weighted by Gasteiger charge is -2.06. The lowest BCUT2D eigenvalue weighted by Crippen LogP contribution is -2.24. The molecule has 0 bridgehead atoms. The van der Waals surface area contributed by atoms with Gasteiger partial charge < -0.3 is 5.11 Å². The van der Waals surface area contributed by atoms with E-state index in [9.17, 15) is 13.2 Å². The van der Waals surface area contributed by atoms with E-state index < -0.39 is 16.0 Å². The van der Waals surface area contributed by atoms with Gasteiger partial charge in [-0.15, -0.1) is 0 Å². The summed E-state index contributed by atoms with van der Waals surface area (Å²) in [5, 5.41) is 8.81. The second-order valence-electron chi connectivity index (χ2n) is 3.38. The van der Waals surface area contributed by atoms with Crippen LogP contribution in [0.4, 0.5) is 0 Å². The molecule has 0 heterocycles. The van der Waals surface area contributed by atoms with Crippen molar-refractivity contribution >= 4 is 31.9 Å². The molecule has 17 heavy (non-hydrogen) atoms. The maximum Gasteiger partial charge on any atom is 0.336 e. The number of benzene rings is 1. The zero-order valence-electron chi connectivity index (χ0n) is 9.10. The normalized spacial score (nSPS) is 11.4. The third kappa shape index (κ3) is 4.10. The molecule has 0 saturated heterocycles. The highest BCUT2D eigenvalue weighted by Crippen LogP contribution is 2.19. The maximum atomic E-state index is 11.5. The van der Waals surface area contributed by atoms with Gasteiger partial charge in [-0.3, -0.25) is 0 Å². The first-order valence-corrected chi connectivity index (χ1v) is 7.29. The number of hydrogen-bond donors (Lipinski definition) is 2. The number of rotatable bonds is 5. The quantitative estimate of drug-likeness (QED) is 0.862. The molecule has 1 aromatic rings. The Balaban J connectivity index is 2.96. The summed E-state index contributed by atoms with van der Waals surface area (Å²) in [6.45, 7) is 2.03. The molecule has 0 fully saturated rings. The van der Waals surface area contributed by atoms with Gasteiger partial charge in [0.25, 0.3) is 0 Å². The average Bonchev–Trinajstić information content (AvgIpc) is 2.15. The monoisotopic (exact) mass is 321 g/mol. The topological polar surface area (TPSA) is 83.5 Å². The maximum absolute atomic E-state index is 11.5. The van der Waals surface area contributed by atoms with Gasteiger partial charge in [0.1, 0.15) is 0 Å². The highest BCUT2D eigenvalue weighted by molar-refractivity contribution is 9.10. The minimum absolute atomic E-state index is 0.106. The Labute approximate surface area is 108 Å². The van der Waals surface area contributed by atoms with Crippen LogP contribution in [0.1, 0.15) is 22.8 Å². The highest BCUT2D eigenvalue weighted by atomic mass is 79.9. The fourth-order valence-electron chi connectivity index (χ4n) is 1.31. The molecule has 1 aromatic carbocycles. The minimum Gasteiger partial charge on any atom is -0.478 e.